The van der Waals surface area contributed by atoms with Crippen LogP contribution >= 0.6 is 15.9 Å². The van der Waals surface area contributed by atoms with Crippen LogP contribution in [0.5, 0.6) is 0 Å². The predicted molar refractivity (Wildman–Crippen MR) is 77.2 cm³/mol. The number of fused-ring (bicyclic) bond motifs is 1. The monoisotopic (exact) mass is 312 g/mol. The highest BCUT2D eigenvalue weighted by molar-refractivity contribution is 9.10. The van der Waals surface area contributed by atoms with Gasteiger partial charge in [0.15, 0.2) is 11.6 Å². The predicted octanol–water partition coefficient (Wildman–Crippen LogP) is 3.91. The van der Waals surface area contributed by atoms with Gasteiger partial charge >= 0.3 is 0 Å². The first-order chi connectivity index (χ1) is 9.16. The summed E-state index contributed by atoms with van der Waals surface area (Å²) in [5.41, 5.74) is 2.07. The Morgan fingerprint density at radius 2 is 1.32 bits per heavy atom. The van der Waals surface area contributed by atoms with Crippen molar-refractivity contribution in [2.24, 2.45) is 0 Å². The smallest absolute Gasteiger partial charge is 0.197 e. The Balaban J connectivity index is 2.07. The molecule has 2 nitrogen and oxygen atoms in total. The number of allylic oxidation sites excluding steroid dienone is 1. The first kappa shape index (κ1) is 12.1. The second-order valence-electron chi connectivity index (χ2n) is 4.31. The summed E-state index contributed by atoms with van der Waals surface area (Å²) in [7, 11) is 0. The molecule has 2 aromatic carbocycles. The minimum absolute atomic E-state index is 0.191. The number of hydrogen-bond donors (Lipinski definition) is 0. The van der Waals surface area contributed by atoms with E-state index in [1.165, 1.54) is 0 Å². The minimum atomic E-state index is -0.191. The molecule has 0 saturated heterocycles. The molecular formula is C16H9BrO2. The van der Waals surface area contributed by atoms with Gasteiger partial charge in [-0.05, 0) is 23.8 Å². The van der Waals surface area contributed by atoms with Crippen LogP contribution in [0.25, 0.3) is 6.08 Å². The molecule has 0 unspecified atom stereocenters. The van der Waals surface area contributed by atoms with Gasteiger partial charge in [0, 0.05) is 15.6 Å². The molecule has 92 valence electrons. The molecule has 0 radical (unpaired) electrons. The van der Waals surface area contributed by atoms with Gasteiger partial charge in [0.05, 0.1) is 5.57 Å². The van der Waals surface area contributed by atoms with Gasteiger partial charge < -0.3 is 0 Å². The molecule has 3 rings (SSSR count). The van der Waals surface area contributed by atoms with Crippen LogP contribution in [0.3, 0.4) is 0 Å². The van der Waals surface area contributed by atoms with Crippen molar-refractivity contribution in [3.8, 4) is 0 Å². The third kappa shape index (κ3) is 2.06. The van der Waals surface area contributed by atoms with Crippen LogP contribution in [0.2, 0.25) is 0 Å². The molecule has 0 aliphatic heterocycles. The van der Waals surface area contributed by atoms with Crippen molar-refractivity contribution >= 4 is 33.6 Å². The zero-order chi connectivity index (χ0) is 13.4. The normalized spacial score (nSPS) is 13.6. The average Bonchev–Trinajstić information content (AvgIpc) is 2.67. The third-order valence-corrected chi connectivity index (χ3v) is 3.62. The van der Waals surface area contributed by atoms with E-state index in [1.807, 2.05) is 24.3 Å². The topological polar surface area (TPSA) is 34.1 Å². The van der Waals surface area contributed by atoms with Crippen LogP contribution in [0.15, 0.2) is 58.6 Å². The van der Waals surface area contributed by atoms with Crippen LogP contribution in [0, 0.1) is 0 Å². The van der Waals surface area contributed by atoms with Crippen molar-refractivity contribution in [2.75, 3.05) is 0 Å². The Bertz CT molecular complexity index is 675. The van der Waals surface area contributed by atoms with E-state index >= 15 is 0 Å². The molecule has 0 bridgehead atoms. The Labute approximate surface area is 118 Å². The number of halogens is 1. The number of Topliss-reactive ketones (excluding diaryl/α,β-unsaturated/α-hetero) is 2. The average molecular weight is 313 g/mol. The molecule has 0 atom stereocenters. The van der Waals surface area contributed by atoms with Crippen molar-refractivity contribution in [3.05, 3.63) is 75.3 Å². The fourth-order valence-corrected chi connectivity index (χ4v) is 2.39. The van der Waals surface area contributed by atoms with Gasteiger partial charge in [-0.3, -0.25) is 9.59 Å². The molecule has 2 aromatic rings. The first-order valence-electron chi connectivity index (χ1n) is 5.82. The van der Waals surface area contributed by atoms with Crippen LogP contribution in [0.4, 0.5) is 0 Å². The lowest BCUT2D eigenvalue weighted by Crippen LogP contribution is -2.00. The molecule has 0 fully saturated rings. The van der Waals surface area contributed by atoms with Crippen LogP contribution in [-0.4, -0.2) is 11.6 Å². The summed E-state index contributed by atoms with van der Waals surface area (Å²) in [5, 5.41) is 0. The molecule has 0 saturated carbocycles. The van der Waals surface area contributed by atoms with E-state index in [9.17, 15) is 9.59 Å². The fraction of sp³-hybridized carbons (Fsp3) is 0. The lowest BCUT2D eigenvalue weighted by molar-refractivity contribution is 0.0990. The summed E-state index contributed by atoms with van der Waals surface area (Å²) in [5.74, 6) is -0.382. The number of ketones is 2. The maximum absolute atomic E-state index is 12.2. The van der Waals surface area contributed by atoms with Crippen molar-refractivity contribution in [1.29, 1.82) is 0 Å². The van der Waals surface area contributed by atoms with Gasteiger partial charge in [0.1, 0.15) is 0 Å². The van der Waals surface area contributed by atoms with Crippen molar-refractivity contribution < 1.29 is 9.59 Å². The quantitative estimate of drug-likeness (QED) is 0.591. The summed E-state index contributed by atoms with van der Waals surface area (Å²) in [6, 6.07) is 14.4. The van der Waals surface area contributed by atoms with E-state index in [0.717, 1.165) is 10.0 Å². The molecule has 0 aromatic heterocycles. The Morgan fingerprint density at radius 3 is 1.84 bits per heavy atom. The highest BCUT2D eigenvalue weighted by atomic mass is 79.9. The maximum atomic E-state index is 12.2. The number of carbonyl (C=O) groups excluding carboxylic acids is 2. The largest absolute Gasteiger partial charge is 0.288 e. The van der Waals surface area contributed by atoms with Crippen LogP contribution in [0.1, 0.15) is 26.3 Å². The zero-order valence-corrected chi connectivity index (χ0v) is 11.5. The minimum Gasteiger partial charge on any atom is -0.288 e. The van der Waals surface area contributed by atoms with E-state index in [1.54, 1.807) is 30.3 Å². The van der Waals surface area contributed by atoms with Crippen molar-refractivity contribution in [2.45, 2.75) is 0 Å². The first-order valence-corrected chi connectivity index (χ1v) is 6.62. The molecule has 1 aliphatic carbocycles. The van der Waals surface area contributed by atoms with E-state index in [4.69, 9.17) is 0 Å². The van der Waals surface area contributed by atoms with Crippen molar-refractivity contribution in [1.82, 2.24) is 0 Å². The summed E-state index contributed by atoms with van der Waals surface area (Å²) in [4.78, 5) is 24.4. The van der Waals surface area contributed by atoms with Gasteiger partial charge in [0.2, 0.25) is 0 Å². The SMILES string of the molecule is O=C1C(=Cc2ccc(Br)cc2)C(=O)c2ccccc21. The van der Waals surface area contributed by atoms with Gasteiger partial charge in [-0.2, -0.15) is 0 Å². The number of rotatable bonds is 1. The van der Waals surface area contributed by atoms with Crippen molar-refractivity contribution in [3.63, 3.8) is 0 Å². The highest BCUT2D eigenvalue weighted by Crippen LogP contribution is 2.27. The Morgan fingerprint density at radius 1 is 0.789 bits per heavy atom. The number of hydrogen-bond acceptors (Lipinski definition) is 2. The molecule has 0 N–H and O–H groups in total. The van der Waals surface area contributed by atoms with Crippen LogP contribution < -0.4 is 0 Å². The van der Waals surface area contributed by atoms with Gasteiger partial charge in [-0.15, -0.1) is 0 Å². The van der Waals surface area contributed by atoms with Gasteiger partial charge in [0.25, 0.3) is 0 Å². The molecular weight excluding hydrogens is 304 g/mol. The third-order valence-electron chi connectivity index (χ3n) is 3.09. The lowest BCUT2D eigenvalue weighted by Gasteiger charge is -1.96. The van der Waals surface area contributed by atoms with Crippen LogP contribution in [-0.2, 0) is 0 Å². The number of benzene rings is 2. The fourth-order valence-electron chi connectivity index (χ4n) is 2.13. The molecule has 0 amide bonds. The zero-order valence-electron chi connectivity index (χ0n) is 9.89. The molecule has 19 heavy (non-hydrogen) atoms. The molecule has 1 aliphatic rings. The Hall–Kier alpha value is -2.00. The van der Waals surface area contributed by atoms with E-state index in [0.29, 0.717) is 11.1 Å². The molecule has 0 heterocycles. The maximum Gasteiger partial charge on any atom is 0.197 e. The summed E-state index contributed by atoms with van der Waals surface area (Å²) >= 11 is 3.35. The van der Waals surface area contributed by atoms with E-state index in [-0.39, 0.29) is 17.1 Å². The summed E-state index contributed by atoms with van der Waals surface area (Å²) < 4.78 is 0.960. The van der Waals surface area contributed by atoms with E-state index in [2.05, 4.69) is 15.9 Å². The lowest BCUT2D eigenvalue weighted by atomic mass is 10.1. The van der Waals surface area contributed by atoms with Gasteiger partial charge in [-0.25, -0.2) is 0 Å². The second-order valence-corrected chi connectivity index (χ2v) is 5.23. The standard InChI is InChI=1S/C16H9BrO2/c17-11-7-5-10(6-8-11)9-14-15(18)12-3-1-2-4-13(12)16(14)19/h1-9H. The molecule has 3 heteroatoms. The van der Waals surface area contributed by atoms with E-state index < -0.39 is 0 Å². The molecule has 0 spiro atoms. The second kappa shape index (κ2) is 4.59. The summed E-state index contributed by atoms with van der Waals surface area (Å²) in [6.45, 7) is 0. The summed E-state index contributed by atoms with van der Waals surface area (Å²) in [6.07, 6.45) is 1.65. The van der Waals surface area contributed by atoms with Gasteiger partial charge in [-0.1, -0.05) is 52.3 Å². The Kier molecular flexibility index (Phi) is 2.91. The number of carbonyl (C=O) groups is 2. The highest BCUT2D eigenvalue weighted by Gasteiger charge is 2.32.